The quantitative estimate of drug-likeness (QED) is 0.221. The van der Waals surface area contributed by atoms with Crippen LogP contribution >= 0.6 is 23.2 Å². The molecule has 4 aliphatic rings. The molecule has 10 heteroatoms. The third kappa shape index (κ3) is 4.47. The monoisotopic (exact) mass is 593 g/mol. The Morgan fingerprint density at radius 1 is 1.05 bits per heavy atom. The zero-order chi connectivity index (χ0) is 28.4. The number of fused-ring (bicyclic) bond motifs is 4. The van der Waals surface area contributed by atoms with Gasteiger partial charge in [0.25, 0.3) is 0 Å². The van der Waals surface area contributed by atoms with E-state index in [9.17, 15) is 9.90 Å². The van der Waals surface area contributed by atoms with Crippen molar-refractivity contribution >= 4 is 40.1 Å². The number of nitrogens with zero attached hydrogens (tertiary/aromatic N) is 3. The van der Waals surface area contributed by atoms with Crippen LogP contribution in [0.5, 0.6) is 5.75 Å². The topological polar surface area (TPSA) is 108 Å². The van der Waals surface area contributed by atoms with E-state index in [2.05, 4.69) is 10.1 Å². The van der Waals surface area contributed by atoms with E-state index < -0.39 is 5.97 Å². The van der Waals surface area contributed by atoms with Crippen molar-refractivity contribution in [1.82, 2.24) is 15.1 Å². The fraction of sp³-hybridized carbons (Fsp3) is 0.419. The van der Waals surface area contributed by atoms with E-state index >= 15 is 0 Å². The lowest BCUT2D eigenvalue weighted by Gasteiger charge is -2.52. The molecular weight excluding hydrogens is 565 g/mol. The molecule has 4 saturated carbocycles. The average molecular weight is 594 g/mol. The molecule has 41 heavy (non-hydrogen) atoms. The predicted molar refractivity (Wildman–Crippen MR) is 154 cm³/mol. The molecule has 2 bridgehead atoms. The van der Waals surface area contributed by atoms with Crippen LogP contribution in [0.15, 0.2) is 41.2 Å². The molecule has 0 saturated heterocycles. The first kappa shape index (κ1) is 26.7. The first-order valence-electron chi connectivity index (χ1n) is 14.0. The van der Waals surface area contributed by atoms with Gasteiger partial charge >= 0.3 is 5.97 Å². The van der Waals surface area contributed by atoms with Crippen molar-refractivity contribution < 1.29 is 23.9 Å². The van der Waals surface area contributed by atoms with Crippen molar-refractivity contribution in [3.8, 4) is 17.0 Å². The summed E-state index contributed by atoms with van der Waals surface area (Å²) in [5.41, 5.74) is 3.79. The molecule has 0 atom stereocenters. The number of pyridine rings is 2. The first-order chi connectivity index (χ1) is 19.8. The van der Waals surface area contributed by atoms with Crippen LogP contribution in [0.1, 0.15) is 84.7 Å². The Morgan fingerprint density at radius 3 is 2.39 bits per heavy atom. The molecule has 3 aromatic heterocycles. The van der Waals surface area contributed by atoms with Crippen molar-refractivity contribution in [1.29, 1.82) is 0 Å². The normalized spacial score (nSPS) is 23.7. The summed E-state index contributed by atoms with van der Waals surface area (Å²) in [5, 5.41) is 15.6. The van der Waals surface area contributed by atoms with E-state index in [1.807, 2.05) is 18.2 Å². The Labute approximate surface area is 247 Å². The van der Waals surface area contributed by atoms with Gasteiger partial charge in [0.05, 0.1) is 34.9 Å². The molecule has 0 amide bonds. The van der Waals surface area contributed by atoms with Gasteiger partial charge in [-0.15, -0.1) is 0 Å². The van der Waals surface area contributed by atoms with Crippen molar-refractivity contribution in [3.63, 3.8) is 0 Å². The molecule has 8 nitrogen and oxygen atoms in total. The molecule has 1 N–H and O–H groups in total. The smallest absolute Gasteiger partial charge is 0.340 e. The minimum Gasteiger partial charge on any atom is -0.496 e. The number of hydrogen-bond acceptors (Lipinski definition) is 7. The molecule has 0 radical (unpaired) electrons. The number of hydrogen-bond donors (Lipinski definition) is 1. The molecule has 212 valence electrons. The Kier molecular flexibility index (Phi) is 6.48. The van der Waals surface area contributed by atoms with Gasteiger partial charge in [0.1, 0.15) is 22.8 Å². The van der Waals surface area contributed by atoms with E-state index in [0.29, 0.717) is 50.5 Å². The number of aromatic nitrogens is 3. The maximum absolute atomic E-state index is 11.9. The number of benzene rings is 1. The summed E-state index contributed by atoms with van der Waals surface area (Å²) in [7, 11) is 1.48. The summed E-state index contributed by atoms with van der Waals surface area (Å²) >= 11 is 13.0. The summed E-state index contributed by atoms with van der Waals surface area (Å²) in [6.45, 7) is 0.390. The maximum Gasteiger partial charge on any atom is 0.340 e. The average Bonchev–Trinajstić information content (AvgIpc) is 3.75. The lowest BCUT2D eigenvalue weighted by molar-refractivity contribution is -0.127. The largest absolute Gasteiger partial charge is 0.496 e. The minimum atomic E-state index is -1.02. The molecular formula is C31H29Cl2N3O5. The van der Waals surface area contributed by atoms with E-state index in [4.69, 9.17) is 42.2 Å². The van der Waals surface area contributed by atoms with Gasteiger partial charge in [-0.1, -0.05) is 28.4 Å². The number of carboxylic acids is 1. The third-order valence-corrected chi connectivity index (χ3v) is 9.94. The molecule has 3 heterocycles. The van der Waals surface area contributed by atoms with Crippen LogP contribution in [-0.4, -0.2) is 38.9 Å². The van der Waals surface area contributed by atoms with Crippen LogP contribution in [0, 0.1) is 0 Å². The highest BCUT2D eigenvalue weighted by atomic mass is 35.5. The number of ether oxygens (including phenoxy) is 2. The molecule has 4 aromatic rings. The molecule has 0 unspecified atom stereocenters. The summed E-state index contributed by atoms with van der Waals surface area (Å²) in [6, 6.07) is 7.41. The number of rotatable bonds is 8. The first-order valence-corrected chi connectivity index (χ1v) is 14.7. The highest BCUT2D eigenvalue weighted by molar-refractivity contribution is 6.38. The zero-order valence-corrected chi connectivity index (χ0v) is 24.1. The second-order valence-corrected chi connectivity index (χ2v) is 12.4. The molecule has 8 rings (SSSR count). The summed E-state index contributed by atoms with van der Waals surface area (Å²) < 4.78 is 17.9. The van der Waals surface area contributed by atoms with Crippen molar-refractivity contribution in [3.05, 3.63) is 69.3 Å². The number of aromatic carboxylic acids is 1. The Hall–Kier alpha value is -3.20. The van der Waals surface area contributed by atoms with Crippen LogP contribution < -0.4 is 4.74 Å². The number of methoxy groups -OCH3 is 1. The van der Waals surface area contributed by atoms with E-state index in [1.54, 1.807) is 18.5 Å². The number of carbonyl (C=O) groups is 1. The van der Waals surface area contributed by atoms with Gasteiger partial charge < -0.3 is 19.1 Å². The fourth-order valence-corrected chi connectivity index (χ4v) is 7.35. The van der Waals surface area contributed by atoms with Crippen LogP contribution in [0.2, 0.25) is 10.0 Å². The Balaban J connectivity index is 1.12. The molecule has 1 aromatic carbocycles. The van der Waals surface area contributed by atoms with Crippen LogP contribution in [0.25, 0.3) is 22.2 Å². The second-order valence-electron chi connectivity index (χ2n) is 11.6. The molecule has 4 fully saturated rings. The highest BCUT2D eigenvalue weighted by Crippen LogP contribution is 2.55. The van der Waals surface area contributed by atoms with Crippen molar-refractivity contribution in [2.75, 3.05) is 7.11 Å². The molecule has 4 aliphatic carbocycles. The lowest BCUT2D eigenvalue weighted by Crippen LogP contribution is -2.50. The van der Waals surface area contributed by atoms with E-state index in [-0.39, 0.29) is 16.6 Å². The molecule has 0 spiro atoms. The number of carboxylic acid groups (broad SMARTS) is 1. The highest BCUT2D eigenvalue weighted by Gasteiger charge is 2.51. The Bertz CT molecular complexity index is 1640. The summed E-state index contributed by atoms with van der Waals surface area (Å²) in [5.74, 6) is 0.549. The van der Waals surface area contributed by atoms with Gasteiger partial charge in [0.15, 0.2) is 0 Å². The van der Waals surface area contributed by atoms with Gasteiger partial charge in [-0.3, -0.25) is 9.97 Å². The minimum absolute atomic E-state index is 0.0395. The standard InChI is InChI=1S/C31H29Cl2N3O5/c1-39-23-6-5-22-18(25(23)29(37)38)4-7-24(35-22)30-8-11-31(12-9-30,13-10-30)40-16-19-27(36-41-28(19)17-2-3-17)26-20(32)14-34-15-21(26)33/h4-7,14-15,17H,2-3,8-13,16H2,1H3,(H,37,38). The SMILES string of the molecule is COc1ccc2nc(C34CCC(OCc5c(-c6c(Cl)cncc6Cl)noc5C5CC5)(CC3)CC4)ccc2c1C(=O)O. The van der Waals surface area contributed by atoms with E-state index in [1.165, 1.54) is 7.11 Å². The third-order valence-electron chi connectivity index (χ3n) is 9.37. The number of halogens is 2. The van der Waals surface area contributed by atoms with Crippen LogP contribution in [-0.2, 0) is 16.8 Å². The van der Waals surface area contributed by atoms with Gasteiger partial charge in [0, 0.05) is 45.9 Å². The van der Waals surface area contributed by atoms with Crippen molar-refractivity contribution in [2.24, 2.45) is 0 Å². The Morgan fingerprint density at radius 2 is 1.76 bits per heavy atom. The fourth-order valence-electron chi connectivity index (χ4n) is 6.81. The summed E-state index contributed by atoms with van der Waals surface area (Å²) in [6.07, 6.45) is 10.9. The van der Waals surface area contributed by atoms with Crippen LogP contribution in [0.4, 0.5) is 0 Å². The zero-order valence-electron chi connectivity index (χ0n) is 22.6. The van der Waals surface area contributed by atoms with Crippen LogP contribution in [0.3, 0.4) is 0 Å². The van der Waals surface area contributed by atoms with Gasteiger partial charge in [0.2, 0.25) is 0 Å². The predicted octanol–water partition coefficient (Wildman–Crippen LogP) is 7.74. The van der Waals surface area contributed by atoms with Gasteiger partial charge in [-0.25, -0.2) is 4.79 Å². The summed E-state index contributed by atoms with van der Waals surface area (Å²) in [4.78, 5) is 21.0. The second kappa shape index (κ2) is 9.96. The lowest BCUT2D eigenvalue weighted by atomic mass is 9.57. The van der Waals surface area contributed by atoms with Gasteiger partial charge in [-0.05, 0) is 75.6 Å². The maximum atomic E-state index is 11.9. The molecule has 0 aliphatic heterocycles. The van der Waals surface area contributed by atoms with Gasteiger partial charge in [-0.2, -0.15) is 0 Å². The van der Waals surface area contributed by atoms with Crippen molar-refractivity contribution in [2.45, 2.75) is 74.9 Å². The van der Waals surface area contributed by atoms with E-state index in [0.717, 1.165) is 68.4 Å².